The second-order valence-electron chi connectivity index (χ2n) is 5.86. The van der Waals surface area contributed by atoms with Crippen molar-refractivity contribution >= 4 is 10.0 Å². The number of nitrogens with zero attached hydrogens (tertiary/aromatic N) is 1. The average molecular weight is 330 g/mol. The first-order chi connectivity index (χ1) is 9.62. The van der Waals surface area contributed by atoms with Gasteiger partial charge in [0.05, 0.1) is 5.75 Å². The van der Waals surface area contributed by atoms with Gasteiger partial charge < -0.3 is 5.32 Å². The Kier molecular flexibility index (Phi) is 6.93. The quantitative estimate of drug-likeness (QED) is 0.780. The van der Waals surface area contributed by atoms with Crippen LogP contribution in [0.5, 0.6) is 0 Å². The van der Waals surface area contributed by atoms with E-state index in [1.807, 2.05) is 13.8 Å². The molecular weight excluding hydrogens is 305 g/mol. The highest BCUT2D eigenvalue weighted by atomic mass is 32.2. The summed E-state index contributed by atoms with van der Waals surface area (Å²) in [5.74, 6) is -0.426. The lowest BCUT2D eigenvalue weighted by molar-refractivity contribution is -0.134. The highest BCUT2D eigenvalue weighted by Gasteiger charge is 2.33. The molecule has 1 aliphatic heterocycles. The zero-order valence-electron chi connectivity index (χ0n) is 12.6. The van der Waals surface area contributed by atoms with Crippen LogP contribution in [0.15, 0.2) is 0 Å². The molecule has 1 saturated heterocycles. The van der Waals surface area contributed by atoms with Gasteiger partial charge in [-0.3, -0.25) is 0 Å². The summed E-state index contributed by atoms with van der Waals surface area (Å²) >= 11 is 0. The van der Waals surface area contributed by atoms with Crippen LogP contribution in [0.1, 0.15) is 46.0 Å². The lowest BCUT2D eigenvalue weighted by Gasteiger charge is -2.35. The molecule has 1 heterocycles. The molecule has 1 fully saturated rings. The molecule has 21 heavy (non-hydrogen) atoms. The van der Waals surface area contributed by atoms with E-state index in [2.05, 4.69) is 5.32 Å². The molecular formula is C13H25F3N2O2S. The molecule has 8 heteroatoms. The summed E-state index contributed by atoms with van der Waals surface area (Å²) in [6.45, 7) is 4.92. The minimum atomic E-state index is -4.30. The lowest BCUT2D eigenvalue weighted by Crippen LogP contribution is -2.50. The van der Waals surface area contributed by atoms with Crippen LogP contribution in [0.3, 0.4) is 0 Å². The minimum Gasteiger partial charge on any atom is -0.313 e. The van der Waals surface area contributed by atoms with E-state index < -0.39 is 28.4 Å². The smallest absolute Gasteiger partial charge is 0.313 e. The van der Waals surface area contributed by atoms with Crippen LogP contribution in [0.2, 0.25) is 0 Å². The largest absolute Gasteiger partial charge is 0.389 e. The predicted octanol–water partition coefficient (Wildman–Crippen LogP) is 2.51. The first-order valence-corrected chi connectivity index (χ1v) is 9.02. The molecule has 0 spiro atoms. The Bertz CT molecular complexity index is 410. The zero-order chi connectivity index (χ0) is 16.1. The summed E-state index contributed by atoms with van der Waals surface area (Å²) in [5, 5.41) is 3.21. The van der Waals surface area contributed by atoms with E-state index in [4.69, 9.17) is 0 Å². The summed E-state index contributed by atoms with van der Waals surface area (Å²) in [6, 6.07) is 0.110. The van der Waals surface area contributed by atoms with Gasteiger partial charge in [-0.1, -0.05) is 20.3 Å². The fraction of sp³-hybridized carbons (Fsp3) is 1.00. The van der Waals surface area contributed by atoms with Crippen molar-refractivity contribution in [3.63, 3.8) is 0 Å². The van der Waals surface area contributed by atoms with Crippen molar-refractivity contribution in [3.8, 4) is 0 Å². The van der Waals surface area contributed by atoms with Crippen LogP contribution in [0, 0.1) is 0 Å². The second-order valence-corrected chi connectivity index (χ2v) is 7.90. The Morgan fingerprint density at radius 2 is 1.95 bits per heavy atom. The lowest BCUT2D eigenvalue weighted by atomic mass is 10.0. The van der Waals surface area contributed by atoms with Crippen molar-refractivity contribution in [3.05, 3.63) is 0 Å². The first kappa shape index (κ1) is 18.7. The first-order valence-electron chi connectivity index (χ1n) is 7.41. The van der Waals surface area contributed by atoms with Crippen molar-refractivity contribution in [1.82, 2.24) is 9.62 Å². The van der Waals surface area contributed by atoms with Crippen LogP contribution in [-0.2, 0) is 10.0 Å². The normalized spacial score (nSPS) is 21.9. The summed E-state index contributed by atoms with van der Waals surface area (Å²) in [4.78, 5) is 0. The van der Waals surface area contributed by atoms with Gasteiger partial charge in [-0.05, 0) is 19.3 Å². The van der Waals surface area contributed by atoms with Gasteiger partial charge in [0, 0.05) is 31.6 Å². The van der Waals surface area contributed by atoms with Crippen LogP contribution in [0.25, 0.3) is 0 Å². The van der Waals surface area contributed by atoms with Crippen LogP contribution >= 0.6 is 0 Å². The van der Waals surface area contributed by atoms with Gasteiger partial charge in [0.25, 0.3) is 0 Å². The number of alkyl halides is 3. The third kappa shape index (κ3) is 6.97. The zero-order valence-corrected chi connectivity index (χ0v) is 13.4. The summed E-state index contributed by atoms with van der Waals surface area (Å²) in [5.41, 5.74) is 0. The maximum Gasteiger partial charge on any atom is 0.389 e. The minimum absolute atomic E-state index is 0.142. The predicted molar refractivity (Wildman–Crippen MR) is 76.6 cm³/mol. The molecule has 1 atom stereocenters. The number of piperidine rings is 1. The third-order valence-electron chi connectivity index (χ3n) is 3.55. The fourth-order valence-corrected chi connectivity index (χ4v) is 4.27. The van der Waals surface area contributed by atoms with Gasteiger partial charge in [0.15, 0.2) is 0 Å². The van der Waals surface area contributed by atoms with E-state index in [-0.39, 0.29) is 18.5 Å². The molecule has 1 unspecified atom stereocenters. The molecule has 0 aromatic carbocycles. The van der Waals surface area contributed by atoms with Crippen LogP contribution in [0.4, 0.5) is 13.2 Å². The molecule has 4 nitrogen and oxygen atoms in total. The van der Waals surface area contributed by atoms with E-state index in [9.17, 15) is 21.6 Å². The summed E-state index contributed by atoms with van der Waals surface area (Å²) in [6.07, 6.45) is -3.22. The maximum absolute atomic E-state index is 12.3. The van der Waals surface area contributed by atoms with Crippen molar-refractivity contribution in [2.75, 3.05) is 18.8 Å². The fourth-order valence-electron chi connectivity index (χ4n) is 2.49. The van der Waals surface area contributed by atoms with Crippen LogP contribution < -0.4 is 5.32 Å². The van der Waals surface area contributed by atoms with E-state index in [0.29, 0.717) is 13.1 Å². The number of hydrogen-bond donors (Lipinski definition) is 1. The Morgan fingerprint density at radius 1 is 1.29 bits per heavy atom. The van der Waals surface area contributed by atoms with Gasteiger partial charge in [0.2, 0.25) is 10.0 Å². The molecule has 0 amide bonds. The number of halogens is 3. The van der Waals surface area contributed by atoms with Gasteiger partial charge in [-0.25, -0.2) is 8.42 Å². The summed E-state index contributed by atoms with van der Waals surface area (Å²) < 4.78 is 62.3. The van der Waals surface area contributed by atoms with Crippen molar-refractivity contribution in [2.24, 2.45) is 0 Å². The van der Waals surface area contributed by atoms with Gasteiger partial charge in [-0.15, -0.1) is 0 Å². The summed E-state index contributed by atoms with van der Waals surface area (Å²) in [7, 11) is -3.61. The van der Waals surface area contributed by atoms with E-state index >= 15 is 0 Å². The Labute approximate surface area is 125 Å². The molecule has 0 saturated carbocycles. The molecule has 1 rings (SSSR count). The number of hydrogen-bond acceptors (Lipinski definition) is 3. The molecule has 0 aromatic heterocycles. The standard InChI is InChI=1S/C13H25F3N2O2S/c1-11(2)17-10-12-6-3-4-8-18(12)21(19,20)9-5-7-13(14,15)16/h11-12,17H,3-10H2,1-2H3. The molecule has 0 radical (unpaired) electrons. The van der Waals surface area contributed by atoms with Crippen molar-refractivity contribution in [1.29, 1.82) is 0 Å². The number of rotatable bonds is 7. The van der Waals surface area contributed by atoms with Gasteiger partial charge in [0.1, 0.15) is 0 Å². The molecule has 0 aliphatic carbocycles. The number of nitrogens with one attached hydrogen (secondary N) is 1. The average Bonchev–Trinajstić information content (AvgIpc) is 2.34. The van der Waals surface area contributed by atoms with Gasteiger partial charge in [-0.2, -0.15) is 17.5 Å². The van der Waals surface area contributed by atoms with E-state index in [1.54, 1.807) is 0 Å². The Balaban J connectivity index is 2.60. The maximum atomic E-state index is 12.3. The molecule has 126 valence electrons. The van der Waals surface area contributed by atoms with Gasteiger partial charge >= 0.3 is 6.18 Å². The Hall–Kier alpha value is -0.340. The molecule has 1 N–H and O–H groups in total. The monoisotopic (exact) mass is 330 g/mol. The molecule has 1 aliphatic rings. The number of sulfonamides is 1. The van der Waals surface area contributed by atoms with Crippen molar-refractivity contribution in [2.45, 2.75) is 64.2 Å². The van der Waals surface area contributed by atoms with E-state index in [0.717, 1.165) is 19.3 Å². The Morgan fingerprint density at radius 3 is 2.52 bits per heavy atom. The second kappa shape index (κ2) is 7.78. The SMILES string of the molecule is CC(C)NCC1CCCCN1S(=O)(=O)CCCC(F)(F)F. The topological polar surface area (TPSA) is 49.4 Å². The molecule has 0 aromatic rings. The van der Waals surface area contributed by atoms with Crippen molar-refractivity contribution < 1.29 is 21.6 Å². The molecule has 0 bridgehead atoms. The highest BCUT2D eigenvalue weighted by molar-refractivity contribution is 7.89. The van der Waals surface area contributed by atoms with E-state index in [1.165, 1.54) is 4.31 Å². The third-order valence-corrected chi connectivity index (χ3v) is 5.55. The highest BCUT2D eigenvalue weighted by Crippen LogP contribution is 2.24. The van der Waals surface area contributed by atoms with Crippen LogP contribution in [-0.4, -0.2) is 49.8 Å².